The molecular formula is C15H15Cl3N2O. The third-order valence-corrected chi connectivity index (χ3v) is 3.61. The van der Waals surface area contributed by atoms with Crippen molar-refractivity contribution in [2.45, 2.75) is 26.4 Å². The highest BCUT2D eigenvalue weighted by Crippen LogP contribution is 2.32. The van der Waals surface area contributed by atoms with Gasteiger partial charge in [0.2, 0.25) is 5.88 Å². The van der Waals surface area contributed by atoms with Crippen molar-refractivity contribution in [3.63, 3.8) is 0 Å². The first kappa shape index (κ1) is 16.4. The van der Waals surface area contributed by atoms with Crippen LogP contribution in [-0.4, -0.2) is 11.0 Å². The minimum Gasteiger partial charge on any atom is -0.437 e. The highest BCUT2D eigenvalue weighted by atomic mass is 35.5. The molecule has 2 rings (SSSR count). The second kappa shape index (κ2) is 7.32. The summed E-state index contributed by atoms with van der Waals surface area (Å²) in [6, 6.07) is 7.17. The van der Waals surface area contributed by atoms with Crippen LogP contribution in [0.4, 0.5) is 0 Å². The fourth-order valence-electron chi connectivity index (χ4n) is 1.63. The van der Waals surface area contributed by atoms with Gasteiger partial charge in [0.05, 0.1) is 10.0 Å². The summed E-state index contributed by atoms with van der Waals surface area (Å²) < 4.78 is 5.68. The molecule has 0 saturated heterocycles. The molecule has 0 atom stereocenters. The Morgan fingerprint density at radius 3 is 2.62 bits per heavy atom. The first-order valence-corrected chi connectivity index (χ1v) is 7.60. The lowest BCUT2D eigenvalue weighted by Gasteiger charge is -2.12. The number of halogens is 3. The van der Waals surface area contributed by atoms with Gasteiger partial charge in [-0.3, -0.25) is 0 Å². The molecule has 0 radical (unpaired) electrons. The Morgan fingerprint density at radius 2 is 1.90 bits per heavy atom. The zero-order chi connectivity index (χ0) is 15.4. The molecule has 0 unspecified atom stereocenters. The highest BCUT2D eigenvalue weighted by Gasteiger charge is 2.09. The highest BCUT2D eigenvalue weighted by molar-refractivity contribution is 6.34. The van der Waals surface area contributed by atoms with E-state index in [1.54, 1.807) is 30.5 Å². The zero-order valence-electron chi connectivity index (χ0n) is 11.7. The van der Waals surface area contributed by atoms with E-state index in [9.17, 15) is 0 Å². The summed E-state index contributed by atoms with van der Waals surface area (Å²) in [5.41, 5.74) is 0.911. The summed E-state index contributed by atoms with van der Waals surface area (Å²) in [6.45, 7) is 4.77. The van der Waals surface area contributed by atoms with Gasteiger partial charge in [0, 0.05) is 35.9 Å². The summed E-state index contributed by atoms with van der Waals surface area (Å²) in [6.07, 6.45) is 1.56. The molecule has 1 N–H and O–H groups in total. The number of pyridine rings is 1. The predicted molar refractivity (Wildman–Crippen MR) is 87.8 cm³/mol. The molecule has 0 amide bonds. The van der Waals surface area contributed by atoms with E-state index in [1.165, 1.54) is 0 Å². The van der Waals surface area contributed by atoms with Gasteiger partial charge in [-0.25, -0.2) is 4.98 Å². The quantitative estimate of drug-likeness (QED) is 0.795. The number of benzene rings is 1. The summed E-state index contributed by atoms with van der Waals surface area (Å²) in [5.74, 6) is 0.880. The van der Waals surface area contributed by atoms with Crippen LogP contribution in [0.5, 0.6) is 11.6 Å². The Bertz CT molecular complexity index is 632. The summed E-state index contributed by atoms with van der Waals surface area (Å²) >= 11 is 18.1. The molecule has 1 aromatic heterocycles. The van der Waals surface area contributed by atoms with Crippen molar-refractivity contribution in [2.24, 2.45) is 0 Å². The second-order valence-electron chi connectivity index (χ2n) is 4.83. The smallest absolute Gasteiger partial charge is 0.219 e. The first-order valence-electron chi connectivity index (χ1n) is 6.46. The minimum atomic E-state index is 0.362. The maximum atomic E-state index is 6.13. The van der Waals surface area contributed by atoms with E-state index < -0.39 is 0 Å². The van der Waals surface area contributed by atoms with Crippen molar-refractivity contribution in [2.75, 3.05) is 0 Å². The summed E-state index contributed by atoms with van der Waals surface area (Å²) in [7, 11) is 0. The van der Waals surface area contributed by atoms with E-state index in [4.69, 9.17) is 39.5 Å². The van der Waals surface area contributed by atoms with E-state index in [0.29, 0.717) is 39.3 Å². The lowest BCUT2D eigenvalue weighted by Crippen LogP contribution is -2.22. The largest absolute Gasteiger partial charge is 0.437 e. The lowest BCUT2D eigenvalue weighted by molar-refractivity contribution is 0.461. The number of nitrogens with zero attached hydrogens (tertiary/aromatic N) is 1. The summed E-state index contributed by atoms with van der Waals surface area (Å²) in [4.78, 5) is 4.15. The molecule has 1 aromatic carbocycles. The molecular weight excluding hydrogens is 331 g/mol. The Hall–Kier alpha value is -1.00. The molecule has 0 bridgehead atoms. The van der Waals surface area contributed by atoms with E-state index >= 15 is 0 Å². The standard InChI is InChI=1S/C15H15Cl3N2O/c1-9(2)19-7-10-5-15(20-8-13(10)18)21-14-6-11(16)3-4-12(14)17/h3-6,8-9,19H,7H2,1-2H3. The van der Waals surface area contributed by atoms with Gasteiger partial charge in [-0.15, -0.1) is 0 Å². The molecule has 21 heavy (non-hydrogen) atoms. The fraction of sp³-hybridized carbons (Fsp3) is 0.267. The minimum absolute atomic E-state index is 0.362. The molecule has 0 fully saturated rings. The van der Waals surface area contributed by atoms with Gasteiger partial charge < -0.3 is 10.1 Å². The van der Waals surface area contributed by atoms with Crippen LogP contribution < -0.4 is 10.1 Å². The van der Waals surface area contributed by atoms with Gasteiger partial charge in [-0.2, -0.15) is 0 Å². The van der Waals surface area contributed by atoms with E-state index in [0.717, 1.165) is 5.56 Å². The van der Waals surface area contributed by atoms with Crippen LogP contribution in [0.2, 0.25) is 15.1 Å². The summed E-state index contributed by atoms with van der Waals surface area (Å²) in [5, 5.41) is 4.91. The number of hydrogen-bond donors (Lipinski definition) is 1. The van der Waals surface area contributed by atoms with Crippen molar-refractivity contribution in [3.05, 3.63) is 51.1 Å². The molecule has 1 heterocycles. The van der Waals surface area contributed by atoms with Crippen molar-refractivity contribution >= 4 is 34.8 Å². The van der Waals surface area contributed by atoms with Gasteiger partial charge in [0.1, 0.15) is 5.75 Å². The van der Waals surface area contributed by atoms with Crippen molar-refractivity contribution in [1.29, 1.82) is 0 Å². The molecule has 0 aliphatic heterocycles. The SMILES string of the molecule is CC(C)NCc1cc(Oc2cc(Cl)ccc2Cl)ncc1Cl. The van der Waals surface area contributed by atoms with Crippen LogP contribution in [0.25, 0.3) is 0 Å². The van der Waals surface area contributed by atoms with Gasteiger partial charge in [0.15, 0.2) is 0 Å². The van der Waals surface area contributed by atoms with Gasteiger partial charge in [0.25, 0.3) is 0 Å². The zero-order valence-corrected chi connectivity index (χ0v) is 13.9. The van der Waals surface area contributed by atoms with Crippen LogP contribution in [0.15, 0.2) is 30.5 Å². The molecule has 0 aliphatic carbocycles. The number of hydrogen-bond acceptors (Lipinski definition) is 3. The van der Waals surface area contributed by atoms with Crippen molar-refractivity contribution in [1.82, 2.24) is 10.3 Å². The second-order valence-corrected chi connectivity index (χ2v) is 6.08. The predicted octanol–water partition coefficient (Wildman–Crippen LogP) is 5.33. The molecule has 0 aliphatic rings. The van der Waals surface area contributed by atoms with Gasteiger partial charge in [-0.05, 0) is 17.7 Å². The van der Waals surface area contributed by atoms with Crippen LogP contribution in [0.1, 0.15) is 19.4 Å². The maximum Gasteiger partial charge on any atom is 0.219 e. The normalized spacial score (nSPS) is 11.0. The van der Waals surface area contributed by atoms with E-state index in [1.807, 2.05) is 0 Å². The molecule has 2 aromatic rings. The molecule has 0 spiro atoms. The third-order valence-electron chi connectivity index (χ3n) is 2.72. The van der Waals surface area contributed by atoms with Gasteiger partial charge in [-0.1, -0.05) is 48.7 Å². The fourth-order valence-corrected chi connectivity index (χ4v) is 2.12. The van der Waals surface area contributed by atoms with Crippen LogP contribution in [0.3, 0.4) is 0 Å². The van der Waals surface area contributed by atoms with Crippen LogP contribution in [-0.2, 0) is 6.54 Å². The van der Waals surface area contributed by atoms with Crippen molar-refractivity contribution < 1.29 is 4.74 Å². The van der Waals surface area contributed by atoms with Gasteiger partial charge >= 0.3 is 0 Å². The number of aromatic nitrogens is 1. The monoisotopic (exact) mass is 344 g/mol. The molecule has 0 saturated carbocycles. The Labute approximate surface area is 139 Å². The maximum absolute atomic E-state index is 6.13. The number of nitrogens with one attached hydrogen (secondary N) is 1. The Morgan fingerprint density at radius 1 is 1.14 bits per heavy atom. The molecule has 6 heteroatoms. The van der Waals surface area contributed by atoms with Crippen LogP contribution >= 0.6 is 34.8 Å². The number of ether oxygens (including phenoxy) is 1. The molecule has 112 valence electrons. The first-order chi connectivity index (χ1) is 9.95. The van der Waals surface area contributed by atoms with E-state index in [2.05, 4.69) is 24.1 Å². The van der Waals surface area contributed by atoms with Crippen LogP contribution in [0, 0.1) is 0 Å². The molecule has 3 nitrogen and oxygen atoms in total. The lowest BCUT2D eigenvalue weighted by atomic mass is 10.2. The number of rotatable bonds is 5. The average molecular weight is 346 g/mol. The van der Waals surface area contributed by atoms with Crippen molar-refractivity contribution in [3.8, 4) is 11.6 Å². The topological polar surface area (TPSA) is 34.1 Å². The Kier molecular flexibility index (Phi) is 5.71. The third kappa shape index (κ3) is 4.75. The Balaban J connectivity index is 2.20. The van der Waals surface area contributed by atoms with E-state index in [-0.39, 0.29) is 0 Å². The average Bonchev–Trinajstić information content (AvgIpc) is 2.43.